The molecule has 0 radical (unpaired) electrons. The summed E-state index contributed by atoms with van der Waals surface area (Å²) in [6.45, 7) is 6.58. The summed E-state index contributed by atoms with van der Waals surface area (Å²) in [6, 6.07) is 11.7. The molecule has 3 aliphatic rings. The van der Waals surface area contributed by atoms with Gasteiger partial charge in [0.15, 0.2) is 0 Å². The van der Waals surface area contributed by atoms with Crippen LogP contribution in [0.3, 0.4) is 0 Å². The van der Waals surface area contributed by atoms with E-state index < -0.39 is 12.0 Å². The Kier molecular flexibility index (Phi) is 9.32. The summed E-state index contributed by atoms with van der Waals surface area (Å²) in [6.07, 6.45) is 5.83. The maximum atomic E-state index is 13.4. The molecule has 5 rings (SSSR count). The van der Waals surface area contributed by atoms with Crippen molar-refractivity contribution in [1.82, 2.24) is 15.2 Å². The van der Waals surface area contributed by atoms with Gasteiger partial charge in [-0.2, -0.15) is 0 Å². The third-order valence-electron chi connectivity index (χ3n) is 8.08. The van der Waals surface area contributed by atoms with Gasteiger partial charge in [0.2, 0.25) is 5.91 Å². The molecular formula is C30H41N5O4. The standard InChI is InChI=1S/C30H41N5O4/c36-28(37)20-27(23-5-1-9-26(19-23)35-15-17-39-18-16-35)33-30(38)24-7-3-13-34(21-24)14-4-8-25-11-10-22-6-2-12-31-29(22)32-25/h1,5,9-11,19,24,27H,2-4,6-8,12-18,20-21H2,(H,31,32)(H,33,38)(H,36,37)/t24-,27?/m1/s1. The van der Waals surface area contributed by atoms with Crippen LogP contribution in [0.4, 0.5) is 11.5 Å². The lowest BCUT2D eigenvalue weighted by Crippen LogP contribution is -2.44. The minimum atomic E-state index is -0.923. The Morgan fingerprint density at radius 2 is 2.03 bits per heavy atom. The number of ether oxygens (including phenoxy) is 1. The fourth-order valence-corrected chi connectivity index (χ4v) is 5.94. The number of anilines is 2. The number of fused-ring (bicyclic) bond motifs is 1. The number of aryl methyl sites for hydroxylation is 2. The minimum Gasteiger partial charge on any atom is -0.481 e. The molecule has 4 heterocycles. The van der Waals surface area contributed by atoms with Crippen molar-refractivity contribution in [2.75, 3.05) is 62.7 Å². The monoisotopic (exact) mass is 535 g/mol. The van der Waals surface area contributed by atoms with Crippen LogP contribution >= 0.6 is 0 Å². The zero-order chi connectivity index (χ0) is 27.0. The minimum absolute atomic E-state index is 0.0508. The van der Waals surface area contributed by atoms with Crippen LogP contribution in [0.15, 0.2) is 36.4 Å². The zero-order valence-electron chi connectivity index (χ0n) is 22.7. The molecule has 1 unspecified atom stereocenters. The van der Waals surface area contributed by atoms with E-state index in [-0.39, 0.29) is 18.2 Å². The first-order valence-corrected chi connectivity index (χ1v) is 14.4. The van der Waals surface area contributed by atoms with E-state index in [0.29, 0.717) is 19.8 Å². The number of carbonyl (C=O) groups excluding carboxylic acids is 1. The second-order valence-corrected chi connectivity index (χ2v) is 10.9. The number of hydrogen-bond acceptors (Lipinski definition) is 7. The lowest BCUT2D eigenvalue weighted by molar-refractivity contribution is -0.138. The summed E-state index contributed by atoms with van der Waals surface area (Å²) in [4.78, 5) is 34.5. The Morgan fingerprint density at radius 1 is 1.15 bits per heavy atom. The number of carboxylic acids is 1. The summed E-state index contributed by atoms with van der Waals surface area (Å²) in [5, 5.41) is 16.1. The van der Waals surface area contributed by atoms with Crippen molar-refractivity contribution in [2.45, 2.75) is 51.0 Å². The van der Waals surface area contributed by atoms with Crippen molar-refractivity contribution in [3.63, 3.8) is 0 Å². The Hall–Kier alpha value is -3.17. The van der Waals surface area contributed by atoms with Gasteiger partial charge in [-0.1, -0.05) is 18.2 Å². The average Bonchev–Trinajstić information content (AvgIpc) is 2.97. The first-order valence-electron chi connectivity index (χ1n) is 14.4. The molecule has 3 N–H and O–H groups in total. The molecule has 1 aromatic heterocycles. The van der Waals surface area contributed by atoms with E-state index >= 15 is 0 Å². The van der Waals surface area contributed by atoms with Crippen LogP contribution in [-0.4, -0.2) is 79.3 Å². The molecule has 210 valence electrons. The van der Waals surface area contributed by atoms with Crippen LogP contribution in [0.1, 0.15) is 55.0 Å². The fourth-order valence-electron chi connectivity index (χ4n) is 5.94. The number of carboxylic acid groups (broad SMARTS) is 1. The largest absolute Gasteiger partial charge is 0.481 e. The molecule has 0 saturated carbocycles. The average molecular weight is 536 g/mol. The predicted octanol–water partition coefficient (Wildman–Crippen LogP) is 3.25. The molecule has 2 saturated heterocycles. The van der Waals surface area contributed by atoms with Crippen molar-refractivity contribution >= 4 is 23.4 Å². The van der Waals surface area contributed by atoms with Gasteiger partial charge in [0.05, 0.1) is 31.6 Å². The number of carbonyl (C=O) groups is 2. The summed E-state index contributed by atoms with van der Waals surface area (Å²) in [7, 11) is 0. The van der Waals surface area contributed by atoms with Crippen LogP contribution in [-0.2, 0) is 27.2 Å². The maximum Gasteiger partial charge on any atom is 0.305 e. The van der Waals surface area contributed by atoms with E-state index in [1.165, 1.54) is 5.56 Å². The molecule has 2 fully saturated rings. The molecule has 1 aromatic carbocycles. The van der Waals surface area contributed by atoms with Gasteiger partial charge in [-0.25, -0.2) is 4.98 Å². The second kappa shape index (κ2) is 13.3. The lowest BCUT2D eigenvalue weighted by atomic mass is 9.95. The summed E-state index contributed by atoms with van der Waals surface area (Å²) in [5.74, 6) is -0.0677. The van der Waals surface area contributed by atoms with Gasteiger partial charge in [-0.3, -0.25) is 9.59 Å². The number of rotatable bonds is 10. The first kappa shape index (κ1) is 27.4. The number of likely N-dealkylation sites (tertiary alicyclic amines) is 1. The topological polar surface area (TPSA) is 107 Å². The highest BCUT2D eigenvalue weighted by Crippen LogP contribution is 2.26. The van der Waals surface area contributed by atoms with E-state index in [0.717, 1.165) is 94.0 Å². The molecule has 39 heavy (non-hydrogen) atoms. The summed E-state index contributed by atoms with van der Waals surface area (Å²) >= 11 is 0. The highest BCUT2D eigenvalue weighted by molar-refractivity contribution is 5.80. The van der Waals surface area contributed by atoms with Gasteiger partial charge in [0, 0.05) is 37.6 Å². The molecule has 0 spiro atoms. The molecule has 2 aromatic rings. The first-order chi connectivity index (χ1) is 19.0. The Labute approximate surface area is 230 Å². The fraction of sp³-hybridized carbons (Fsp3) is 0.567. The van der Waals surface area contributed by atoms with E-state index in [1.54, 1.807) is 0 Å². The SMILES string of the molecule is O=C(O)CC(NC(=O)[C@@H]1CCCN(CCCc2ccc3c(n2)NCCC3)C1)c1cccc(N2CCOCC2)c1. The van der Waals surface area contributed by atoms with Crippen LogP contribution in [0.25, 0.3) is 0 Å². The van der Waals surface area contributed by atoms with Gasteiger partial charge in [0.25, 0.3) is 0 Å². The van der Waals surface area contributed by atoms with Gasteiger partial charge >= 0.3 is 5.97 Å². The van der Waals surface area contributed by atoms with Crippen molar-refractivity contribution in [3.05, 3.63) is 53.2 Å². The molecule has 1 amide bonds. The van der Waals surface area contributed by atoms with E-state index in [2.05, 4.69) is 32.6 Å². The molecule has 2 atom stereocenters. The van der Waals surface area contributed by atoms with Crippen molar-refractivity contribution in [3.8, 4) is 0 Å². The smallest absolute Gasteiger partial charge is 0.305 e. The summed E-state index contributed by atoms with van der Waals surface area (Å²) < 4.78 is 5.46. The highest BCUT2D eigenvalue weighted by Gasteiger charge is 2.28. The van der Waals surface area contributed by atoms with Crippen molar-refractivity contribution in [2.24, 2.45) is 5.92 Å². The third kappa shape index (κ3) is 7.48. The number of nitrogens with zero attached hydrogens (tertiary/aromatic N) is 3. The predicted molar refractivity (Wildman–Crippen MR) is 151 cm³/mol. The van der Waals surface area contributed by atoms with Crippen LogP contribution < -0.4 is 15.5 Å². The number of benzene rings is 1. The molecule has 9 heteroatoms. The second-order valence-electron chi connectivity index (χ2n) is 10.9. The molecular weight excluding hydrogens is 494 g/mol. The van der Waals surface area contributed by atoms with Crippen molar-refractivity contribution in [1.29, 1.82) is 0 Å². The molecule has 0 bridgehead atoms. The number of pyridine rings is 1. The summed E-state index contributed by atoms with van der Waals surface area (Å²) in [5.41, 5.74) is 4.29. The maximum absolute atomic E-state index is 13.4. The lowest BCUT2D eigenvalue weighted by Gasteiger charge is -2.33. The van der Waals surface area contributed by atoms with Crippen LogP contribution in [0, 0.1) is 5.92 Å². The number of hydrogen-bond donors (Lipinski definition) is 3. The number of morpholine rings is 1. The van der Waals surface area contributed by atoms with Crippen molar-refractivity contribution < 1.29 is 19.4 Å². The number of aromatic nitrogens is 1. The molecule has 3 aliphatic heterocycles. The van der Waals surface area contributed by atoms with Crippen LogP contribution in [0.5, 0.6) is 0 Å². The van der Waals surface area contributed by atoms with Gasteiger partial charge < -0.3 is 30.3 Å². The highest BCUT2D eigenvalue weighted by atomic mass is 16.5. The number of nitrogens with one attached hydrogen (secondary N) is 2. The Bertz CT molecular complexity index is 1140. The Balaban J connectivity index is 1.15. The molecule has 0 aliphatic carbocycles. The van der Waals surface area contributed by atoms with Crippen LogP contribution in [0.2, 0.25) is 0 Å². The zero-order valence-corrected chi connectivity index (χ0v) is 22.7. The van der Waals surface area contributed by atoms with E-state index in [4.69, 9.17) is 9.72 Å². The molecule has 9 nitrogen and oxygen atoms in total. The number of aliphatic carboxylic acids is 1. The van der Waals surface area contributed by atoms with Gasteiger partial charge in [0.1, 0.15) is 5.82 Å². The number of piperidine rings is 1. The third-order valence-corrected chi connectivity index (χ3v) is 8.08. The number of amides is 1. The quantitative estimate of drug-likeness (QED) is 0.426. The van der Waals surface area contributed by atoms with Gasteiger partial charge in [-0.15, -0.1) is 0 Å². The normalized spacial score (nSPS) is 20.5. The van der Waals surface area contributed by atoms with Gasteiger partial charge in [-0.05, 0) is 80.9 Å². The van der Waals surface area contributed by atoms with E-state index in [1.807, 2.05) is 24.3 Å². The Morgan fingerprint density at radius 3 is 2.87 bits per heavy atom. The van der Waals surface area contributed by atoms with E-state index in [9.17, 15) is 14.7 Å².